The van der Waals surface area contributed by atoms with Crippen LogP contribution < -0.4 is 0 Å². The number of hydrogen-bond donors (Lipinski definition) is 1. The van der Waals surface area contributed by atoms with E-state index in [0.29, 0.717) is 6.54 Å². The molecule has 0 radical (unpaired) electrons. The predicted molar refractivity (Wildman–Crippen MR) is 53.1 cm³/mol. The number of amides is 1. The van der Waals surface area contributed by atoms with Crippen LogP contribution in [0.3, 0.4) is 0 Å². The van der Waals surface area contributed by atoms with Gasteiger partial charge in [-0.05, 0) is 17.7 Å². The van der Waals surface area contributed by atoms with Crippen LogP contribution in [-0.2, 0) is 16.1 Å². The van der Waals surface area contributed by atoms with Crippen molar-refractivity contribution in [3.63, 3.8) is 0 Å². The monoisotopic (exact) mass is 205 g/mol. The first-order valence-electron chi connectivity index (χ1n) is 4.72. The highest BCUT2D eigenvalue weighted by atomic mass is 16.3. The summed E-state index contributed by atoms with van der Waals surface area (Å²) in [7, 11) is 0. The Labute approximate surface area is 87.1 Å². The van der Waals surface area contributed by atoms with Crippen molar-refractivity contribution >= 4 is 11.7 Å². The molecule has 1 fully saturated rings. The molecule has 1 aliphatic rings. The first-order chi connectivity index (χ1) is 7.15. The number of carbonyl (C=O) groups excluding carboxylic acids is 2. The summed E-state index contributed by atoms with van der Waals surface area (Å²) in [6.07, 6.45) is 0.0259. The van der Waals surface area contributed by atoms with Crippen molar-refractivity contribution in [3.05, 3.63) is 29.8 Å². The first kappa shape index (κ1) is 9.71. The van der Waals surface area contributed by atoms with Crippen molar-refractivity contribution in [2.24, 2.45) is 0 Å². The van der Waals surface area contributed by atoms with Gasteiger partial charge in [0.05, 0.1) is 13.0 Å². The van der Waals surface area contributed by atoms with Gasteiger partial charge in [0.25, 0.3) is 0 Å². The van der Waals surface area contributed by atoms with E-state index >= 15 is 0 Å². The maximum Gasteiger partial charge on any atom is 0.230 e. The Balaban J connectivity index is 2.06. The third-order valence-electron chi connectivity index (χ3n) is 2.38. The predicted octanol–water partition coefficient (Wildman–Crippen LogP) is 0.694. The van der Waals surface area contributed by atoms with Gasteiger partial charge >= 0.3 is 0 Å². The topological polar surface area (TPSA) is 57.6 Å². The Kier molecular flexibility index (Phi) is 2.41. The lowest BCUT2D eigenvalue weighted by molar-refractivity contribution is -0.128. The van der Waals surface area contributed by atoms with Gasteiger partial charge in [-0.3, -0.25) is 9.59 Å². The number of likely N-dealkylation sites (tertiary alicyclic amines) is 1. The van der Waals surface area contributed by atoms with Gasteiger partial charge in [-0.25, -0.2) is 0 Å². The molecule has 4 nitrogen and oxygen atoms in total. The van der Waals surface area contributed by atoms with E-state index in [1.165, 1.54) is 4.90 Å². The van der Waals surface area contributed by atoms with Gasteiger partial charge in [0.2, 0.25) is 5.91 Å². The molecule has 0 saturated carbocycles. The van der Waals surface area contributed by atoms with E-state index in [9.17, 15) is 9.59 Å². The van der Waals surface area contributed by atoms with E-state index in [1.54, 1.807) is 24.3 Å². The van der Waals surface area contributed by atoms with Crippen LogP contribution in [0.1, 0.15) is 12.0 Å². The lowest BCUT2D eigenvalue weighted by atomic mass is 10.2. The van der Waals surface area contributed by atoms with Crippen LogP contribution in [0.2, 0.25) is 0 Å². The standard InChI is InChI=1S/C11H11NO3/c13-9-3-1-8(2-4-9)6-12-7-10(14)5-11(12)15/h1-4,13H,5-7H2. The lowest BCUT2D eigenvalue weighted by Crippen LogP contribution is -2.24. The van der Waals surface area contributed by atoms with Crippen molar-refractivity contribution < 1.29 is 14.7 Å². The zero-order valence-corrected chi connectivity index (χ0v) is 8.14. The van der Waals surface area contributed by atoms with Gasteiger partial charge in [-0.2, -0.15) is 0 Å². The molecule has 2 rings (SSSR count). The highest BCUT2D eigenvalue weighted by molar-refractivity contribution is 6.05. The average Bonchev–Trinajstić information content (AvgIpc) is 2.49. The van der Waals surface area contributed by atoms with E-state index in [4.69, 9.17) is 5.11 Å². The largest absolute Gasteiger partial charge is 0.508 e. The summed E-state index contributed by atoms with van der Waals surface area (Å²) in [6.45, 7) is 0.643. The number of hydrogen-bond acceptors (Lipinski definition) is 3. The van der Waals surface area contributed by atoms with Gasteiger partial charge in [0.15, 0.2) is 5.78 Å². The highest BCUT2D eigenvalue weighted by Gasteiger charge is 2.26. The number of rotatable bonds is 2. The minimum absolute atomic E-state index is 0.0259. The molecule has 0 aromatic heterocycles. The zero-order valence-electron chi connectivity index (χ0n) is 8.14. The number of nitrogens with zero attached hydrogens (tertiary/aromatic N) is 1. The number of phenols is 1. The van der Waals surface area contributed by atoms with Crippen LogP contribution in [0, 0.1) is 0 Å². The zero-order chi connectivity index (χ0) is 10.8. The van der Waals surface area contributed by atoms with E-state index in [-0.39, 0.29) is 30.4 Å². The van der Waals surface area contributed by atoms with Crippen LogP contribution in [0.5, 0.6) is 5.75 Å². The number of ketones is 1. The first-order valence-corrected chi connectivity index (χ1v) is 4.72. The number of carbonyl (C=O) groups is 2. The lowest BCUT2D eigenvalue weighted by Gasteiger charge is -2.14. The van der Waals surface area contributed by atoms with Crippen LogP contribution in [0.25, 0.3) is 0 Å². The summed E-state index contributed by atoms with van der Waals surface area (Å²) in [5, 5.41) is 9.08. The SMILES string of the molecule is O=C1CC(=O)N(Cc2ccc(O)cc2)C1. The van der Waals surface area contributed by atoms with Crippen LogP contribution in [0.15, 0.2) is 24.3 Å². The van der Waals surface area contributed by atoms with Crippen LogP contribution >= 0.6 is 0 Å². The molecular formula is C11H11NO3. The second-order valence-electron chi connectivity index (χ2n) is 3.63. The van der Waals surface area contributed by atoms with Gasteiger partial charge in [0.1, 0.15) is 5.75 Å². The minimum Gasteiger partial charge on any atom is -0.508 e. The Hall–Kier alpha value is -1.84. The Bertz CT molecular complexity index is 397. The molecular weight excluding hydrogens is 194 g/mol. The normalized spacial score (nSPS) is 16.1. The molecule has 1 N–H and O–H groups in total. The van der Waals surface area contributed by atoms with Gasteiger partial charge in [0, 0.05) is 6.54 Å². The van der Waals surface area contributed by atoms with Gasteiger partial charge < -0.3 is 10.0 Å². The summed E-state index contributed by atoms with van der Waals surface area (Å²) >= 11 is 0. The second-order valence-corrected chi connectivity index (χ2v) is 3.63. The molecule has 0 atom stereocenters. The molecule has 1 heterocycles. The minimum atomic E-state index is -0.118. The highest BCUT2D eigenvalue weighted by Crippen LogP contribution is 2.14. The fourth-order valence-corrected chi connectivity index (χ4v) is 1.60. The Morgan fingerprint density at radius 2 is 1.87 bits per heavy atom. The second kappa shape index (κ2) is 3.73. The Morgan fingerprint density at radius 1 is 1.20 bits per heavy atom. The number of phenolic OH excluding ortho intramolecular Hbond substituents is 1. The summed E-state index contributed by atoms with van der Waals surface area (Å²) in [6, 6.07) is 6.62. The molecule has 0 unspecified atom stereocenters. The molecule has 1 saturated heterocycles. The van der Waals surface area contributed by atoms with E-state index in [2.05, 4.69) is 0 Å². The molecule has 15 heavy (non-hydrogen) atoms. The summed E-state index contributed by atoms with van der Waals surface area (Å²) in [5.41, 5.74) is 0.913. The number of Topliss-reactive ketones (excluding diaryl/α,β-unsaturated/α-hetero) is 1. The number of benzene rings is 1. The maximum absolute atomic E-state index is 11.3. The molecule has 4 heteroatoms. The molecule has 0 bridgehead atoms. The van der Waals surface area contributed by atoms with Gasteiger partial charge in [-0.15, -0.1) is 0 Å². The molecule has 1 aromatic carbocycles. The summed E-state index contributed by atoms with van der Waals surface area (Å²) < 4.78 is 0. The Morgan fingerprint density at radius 3 is 2.40 bits per heavy atom. The fourth-order valence-electron chi connectivity index (χ4n) is 1.60. The molecule has 1 aliphatic heterocycles. The quantitative estimate of drug-likeness (QED) is 0.723. The van der Waals surface area contributed by atoms with Crippen molar-refractivity contribution in [1.82, 2.24) is 4.90 Å². The molecule has 1 aromatic rings. The molecule has 78 valence electrons. The average molecular weight is 205 g/mol. The van der Waals surface area contributed by atoms with Gasteiger partial charge in [-0.1, -0.05) is 12.1 Å². The van der Waals surface area contributed by atoms with E-state index in [1.807, 2.05) is 0 Å². The van der Waals surface area contributed by atoms with Crippen LogP contribution in [-0.4, -0.2) is 28.2 Å². The number of aromatic hydroxyl groups is 1. The molecule has 0 spiro atoms. The van der Waals surface area contributed by atoms with E-state index < -0.39 is 0 Å². The van der Waals surface area contributed by atoms with Crippen LogP contribution in [0.4, 0.5) is 0 Å². The van der Waals surface area contributed by atoms with Crippen molar-refractivity contribution in [2.45, 2.75) is 13.0 Å². The molecule has 0 aliphatic carbocycles. The smallest absolute Gasteiger partial charge is 0.230 e. The third kappa shape index (κ3) is 2.15. The van der Waals surface area contributed by atoms with Crippen molar-refractivity contribution in [1.29, 1.82) is 0 Å². The maximum atomic E-state index is 11.3. The fraction of sp³-hybridized carbons (Fsp3) is 0.273. The summed E-state index contributed by atoms with van der Waals surface area (Å²) in [5.74, 6) is 0.0504. The van der Waals surface area contributed by atoms with Crippen molar-refractivity contribution in [3.8, 4) is 5.75 Å². The third-order valence-corrected chi connectivity index (χ3v) is 2.38. The van der Waals surface area contributed by atoms with E-state index in [0.717, 1.165) is 5.56 Å². The summed E-state index contributed by atoms with van der Waals surface area (Å²) in [4.78, 5) is 23.8. The molecule has 1 amide bonds. The van der Waals surface area contributed by atoms with Crippen molar-refractivity contribution in [2.75, 3.05) is 6.54 Å².